The molecule has 4 nitrogen and oxygen atoms in total. The Morgan fingerprint density at radius 3 is 2.78 bits per heavy atom. The van der Waals surface area contributed by atoms with Gasteiger partial charge < -0.3 is 10.6 Å². The quantitative estimate of drug-likeness (QED) is 0.379. The molecule has 1 saturated carbocycles. The summed E-state index contributed by atoms with van der Waals surface area (Å²) in [5.74, 6) is 2.16. The number of thioether (sulfide) groups is 1. The van der Waals surface area contributed by atoms with Crippen molar-refractivity contribution in [2.75, 3.05) is 19.3 Å². The first-order valence-electron chi connectivity index (χ1n) is 8.14. The average molecular weight is 468 g/mol. The van der Waals surface area contributed by atoms with Crippen LogP contribution in [0.15, 0.2) is 4.99 Å². The number of hydrogen-bond donors (Lipinski definition) is 2. The first-order chi connectivity index (χ1) is 10.6. The van der Waals surface area contributed by atoms with Gasteiger partial charge in [-0.15, -0.1) is 35.3 Å². The molecule has 1 aliphatic rings. The van der Waals surface area contributed by atoms with Gasteiger partial charge in [-0.3, -0.25) is 4.99 Å². The van der Waals surface area contributed by atoms with Gasteiger partial charge in [0.1, 0.15) is 0 Å². The normalized spacial score (nSPS) is 21.1. The van der Waals surface area contributed by atoms with Crippen molar-refractivity contribution < 1.29 is 0 Å². The summed E-state index contributed by atoms with van der Waals surface area (Å²) in [6.45, 7) is 7.31. The second-order valence-electron chi connectivity index (χ2n) is 5.72. The predicted molar refractivity (Wildman–Crippen MR) is 115 cm³/mol. The van der Waals surface area contributed by atoms with Crippen LogP contribution in [0.3, 0.4) is 0 Å². The molecular weight excluding hydrogens is 439 g/mol. The molecule has 1 aliphatic carbocycles. The zero-order chi connectivity index (χ0) is 15.9. The van der Waals surface area contributed by atoms with E-state index in [1.54, 1.807) is 11.3 Å². The molecule has 0 saturated heterocycles. The van der Waals surface area contributed by atoms with Gasteiger partial charge in [0, 0.05) is 36.2 Å². The van der Waals surface area contributed by atoms with Crippen LogP contribution in [0.4, 0.5) is 0 Å². The summed E-state index contributed by atoms with van der Waals surface area (Å²) in [4.78, 5) is 10.2. The largest absolute Gasteiger partial charge is 0.356 e. The van der Waals surface area contributed by atoms with Gasteiger partial charge in [-0.05, 0) is 38.9 Å². The fourth-order valence-corrected chi connectivity index (χ4v) is 5.03. The number of aryl methyl sites for hydroxylation is 2. The van der Waals surface area contributed by atoms with E-state index in [1.807, 2.05) is 7.05 Å². The molecule has 1 aromatic heterocycles. The Morgan fingerprint density at radius 2 is 2.17 bits per heavy atom. The number of hydrogen-bond acceptors (Lipinski definition) is 4. The Bertz CT molecular complexity index is 504. The SMILES string of the molecule is CCSC1CCC(NC(=NC)NCCc2sc(C)nc2C)C1.I. The monoisotopic (exact) mass is 468 g/mol. The third kappa shape index (κ3) is 6.78. The molecule has 2 rings (SSSR count). The molecule has 132 valence electrons. The molecule has 2 atom stereocenters. The molecule has 7 heteroatoms. The zero-order valence-electron chi connectivity index (χ0n) is 14.5. The summed E-state index contributed by atoms with van der Waals surface area (Å²) in [5, 5.41) is 8.99. The van der Waals surface area contributed by atoms with Crippen molar-refractivity contribution >= 4 is 53.0 Å². The number of rotatable bonds is 6. The second kappa shape index (κ2) is 10.8. The molecule has 0 aliphatic heterocycles. The van der Waals surface area contributed by atoms with E-state index in [4.69, 9.17) is 0 Å². The van der Waals surface area contributed by atoms with E-state index in [0.717, 1.165) is 29.2 Å². The maximum atomic E-state index is 4.48. The number of nitrogens with zero attached hydrogens (tertiary/aromatic N) is 2. The Hall–Kier alpha value is -0.0200. The maximum absolute atomic E-state index is 4.48. The molecule has 2 unspecified atom stereocenters. The van der Waals surface area contributed by atoms with Gasteiger partial charge in [0.05, 0.1) is 10.7 Å². The summed E-state index contributed by atoms with van der Waals surface area (Å²) in [7, 11) is 1.85. The summed E-state index contributed by atoms with van der Waals surface area (Å²) >= 11 is 3.89. The minimum absolute atomic E-state index is 0. The summed E-state index contributed by atoms with van der Waals surface area (Å²) in [6.07, 6.45) is 4.85. The minimum Gasteiger partial charge on any atom is -0.356 e. The van der Waals surface area contributed by atoms with Crippen molar-refractivity contribution in [3.8, 4) is 0 Å². The Morgan fingerprint density at radius 1 is 1.39 bits per heavy atom. The second-order valence-corrected chi connectivity index (χ2v) is 8.59. The molecule has 0 aromatic carbocycles. The summed E-state index contributed by atoms with van der Waals surface area (Å²) < 4.78 is 0. The van der Waals surface area contributed by atoms with E-state index < -0.39 is 0 Å². The van der Waals surface area contributed by atoms with E-state index >= 15 is 0 Å². The summed E-state index contributed by atoms with van der Waals surface area (Å²) in [5.41, 5.74) is 1.17. The van der Waals surface area contributed by atoms with Crippen molar-refractivity contribution in [2.24, 2.45) is 4.99 Å². The first kappa shape index (κ1) is 21.0. The van der Waals surface area contributed by atoms with Crippen LogP contribution in [-0.4, -0.2) is 41.6 Å². The molecule has 2 N–H and O–H groups in total. The van der Waals surface area contributed by atoms with Gasteiger partial charge in [-0.2, -0.15) is 11.8 Å². The lowest BCUT2D eigenvalue weighted by Gasteiger charge is -2.17. The number of guanidine groups is 1. The number of halogens is 1. The van der Waals surface area contributed by atoms with E-state index in [1.165, 1.54) is 35.6 Å². The van der Waals surface area contributed by atoms with E-state index in [9.17, 15) is 0 Å². The molecular formula is C16H29IN4S2. The van der Waals surface area contributed by atoms with Crippen LogP contribution in [0, 0.1) is 13.8 Å². The van der Waals surface area contributed by atoms with Crippen LogP contribution in [0.5, 0.6) is 0 Å². The maximum Gasteiger partial charge on any atom is 0.191 e. The highest BCUT2D eigenvalue weighted by Gasteiger charge is 2.24. The number of thiazole rings is 1. The zero-order valence-corrected chi connectivity index (χ0v) is 18.5. The van der Waals surface area contributed by atoms with Gasteiger partial charge in [-0.1, -0.05) is 6.92 Å². The molecule has 0 amide bonds. The molecule has 1 aromatic rings. The lowest BCUT2D eigenvalue weighted by molar-refractivity contribution is 0.615. The van der Waals surface area contributed by atoms with Gasteiger partial charge in [-0.25, -0.2) is 4.98 Å². The summed E-state index contributed by atoms with van der Waals surface area (Å²) in [6, 6.07) is 0.572. The van der Waals surface area contributed by atoms with E-state index in [0.29, 0.717) is 6.04 Å². The van der Waals surface area contributed by atoms with Crippen molar-refractivity contribution in [1.82, 2.24) is 15.6 Å². The number of nitrogens with one attached hydrogen (secondary N) is 2. The van der Waals surface area contributed by atoms with Crippen LogP contribution in [-0.2, 0) is 6.42 Å². The van der Waals surface area contributed by atoms with Crippen LogP contribution in [0.25, 0.3) is 0 Å². The van der Waals surface area contributed by atoms with Crippen LogP contribution in [0.1, 0.15) is 41.8 Å². The predicted octanol–water partition coefficient (Wildman–Crippen LogP) is 3.76. The van der Waals surface area contributed by atoms with Crippen molar-refractivity contribution in [3.63, 3.8) is 0 Å². The molecule has 0 spiro atoms. The average Bonchev–Trinajstić information content (AvgIpc) is 3.05. The first-order valence-corrected chi connectivity index (χ1v) is 10.0. The third-order valence-electron chi connectivity index (χ3n) is 4.00. The highest BCUT2D eigenvalue weighted by atomic mass is 127. The van der Waals surface area contributed by atoms with Gasteiger partial charge >= 0.3 is 0 Å². The standard InChI is InChI=1S/C16H28N4S2.HI/c1-5-21-14-7-6-13(10-14)20-16(17-4)18-9-8-15-11(2)19-12(3)22-15;/h13-14H,5-10H2,1-4H3,(H2,17,18,20);1H. The van der Waals surface area contributed by atoms with Crippen molar-refractivity contribution in [1.29, 1.82) is 0 Å². The van der Waals surface area contributed by atoms with Gasteiger partial charge in [0.25, 0.3) is 0 Å². The lowest BCUT2D eigenvalue weighted by Crippen LogP contribution is -2.43. The molecule has 23 heavy (non-hydrogen) atoms. The van der Waals surface area contributed by atoms with Gasteiger partial charge in [0.2, 0.25) is 0 Å². The Kier molecular flexibility index (Phi) is 9.84. The van der Waals surface area contributed by atoms with Crippen LogP contribution >= 0.6 is 47.1 Å². The minimum atomic E-state index is 0. The van der Waals surface area contributed by atoms with Crippen LogP contribution in [0.2, 0.25) is 0 Å². The molecule has 0 bridgehead atoms. The fraction of sp³-hybridized carbons (Fsp3) is 0.750. The van der Waals surface area contributed by atoms with E-state index in [2.05, 4.69) is 53.1 Å². The lowest BCUT2D eigenvalue weighted by atomic mass is 10.2. The highest BCUT2D eigenvalue weighted by molar-refractivity contribution is 14.0. The molecule has 1 heterocycles. The number of aliphatic imine (C=N–C) groups is 1. The molecule has 1 fully saturated rings. The smallest absolute Gasteiger partial charge is 0.191 e. The topological polar surface area (TPSA) is 49.3 Å². The Labute approximate surface area is 165 Å². The van der Waals surface area contributed by atoms with Crippen LogP contribution < -0.4 is 10.6 Å². The van der Waals surface area contributed by atoms with Gasteiger partial charge in [0.15, 0.2) is 5.96 Å². The van der Waals surface area contributed by atoms with Crippen molar-refractivity contribution in [2.45, 2.75) is 57.7 Å². The Balaban J connectivity index is 0.00000264. The van der Waals surface area contributed by atoms with E-state index in [-0.39, 0.29) is 24.0 Å². The number of aromatic nitrogens is 1. The molecule has 0 radical (unpaired) electrons. The third-order valence-corrected chi connectivity index (χ3v) is 6.36. The van der Waals surface area contributed by atoms with Crippen molar-refractivity contribution in [3.05, 3.63) is 15.6 Å². The highest BCUT2D eigenvalue weighted by Crippen LogP contribution is 2.29. The fourth-order valence-electron chi connectivity index (χ4n) is 2.95.